The highest BCUT2D eigenvalue weighted by molar-refractivity contribution is 8.02. The van der Waals surface area contributed by atoms with Crippen molar-refractivity contribution in [3.8, 4) is 11.3 Å². The number of amides is 1. The lowest BCUT2D eigenvalue weighted by atomic mass is 10.1. The van der Waals surface area contributed by atoms with Gasteiger partial charge >= 0.3 is 0 Å². The van der Waals surface area contributed by atoms with E-state index in [1.807, 2.05) is 50.2 Å². The first-order chi connectivity index (χ1) is 10.7. The van der Waals surface area contributed by atoms with Gasteiger partial charge in [0.1, 0.15) is 5.76 Å². The Balaban J connectivity index is 0.000000847. The molecule has 1 aromatic heterocycles. The van der Waals surface area contributed by atoms with E-state index >= 15 is 0 Å². The minimum atomic E-state index is 0.0783. The van der Waals surface area contributed by atoms with Crippen molar-refractivity contribution in [2.45, 2.75) is 26.8 Å². The van der Waals surface area contributed by atoms with Crippen molar-refractivity contribution < 1.29 is 9.21 Å². The number of carbonyl (C=O) groups excluding carboxylic acids is 1. The first-order valence-electron chi connectivity index (χ1n) is 7.19. The van der Waals surface area contributed by atoms with Crippen molar-refractivity contribution in [2.75, 3.05) is 0 Å². The maximum Gasteiger partial charge on any atom is 0.236 e. The zero-order chi connectivity index (χ0) is 15.9. The standard InChI is InChI=1S/C15H12ClNO2S.C2H6/c16-14-7-8-15(18)17(20-14)10-11-3-5-12(6-4-11)13-2-1-9-19-13;1-2/h1-7,9H,8,10H2;1-2H3. The van der Waals surface area contributed by atoms with Gasteiger partial charge in [-0.05, 0) is 23.8 Å². The Labute approximate surface area is 140 Å². The molecule has 116 valence electrons. The second kappa shape index (κ2) is 8.11. The number of carbonyl (C=O) groups is 1. The van der Waals surface area contributed by atoms with Crippen LogP contribution < -0.4 is 0 Å². The molecule has 0 fully saturated rings. The zero-order valence-corrected chi connectivity index (χ0v) is 14.2. The number of hydrogen-bond acceptors (Lipinski definition) is 3. The fraction of sp³-hybridized carbons (Fsp3) is 0.235. The van der Waals surface area contributed by atoms with Gasteiger partial charge in [0.15, 0.2) is 0 Å². The van der Waals surface area contributed by atoms with E-state index in [0.29, 0.717) is 17.3 Å². The van der Waals surface area contributed by atoms with Crippen LogP contribution in [0.15, 0.2) is 57.5 Å². The Morgan fingerprint density at radius 3 is 2.59 bits per heavy atom. The van der Waals surface area contributed by atoms with E-state index in [1.165, 1.54) is 11.9 Å². The molecule has 0 saturated heterocycles. The Kier molecular flexibility index (Phi) is 6.16. The number of halogens is 1. The summed E-state index contributed by atoms with van der Waals surface area (Å²) in [5.74, 6) is 0.917. The molecule has 0 saturated carbocycles. The molecule has 0 unspecified atom stereocenters. The third-order valence-corrected chi connectivity index (χ3v) is 4.25. The van der Waals surface area contributed by atoms with E-state index < -0.39 is 0 Å². The molecular weight excluding hydrogens is 318 g/mol. The quantitative estimate of drug-likeness (QED) is 0.701. The lowest BCUT2D eigenvalue weighted by Crippen LogP contribution is -2.25. The molecule has 0 atom stereocenters. The van der Waals surface area contributed by atoms with Crippen LogP contribution in [0.2, 0.25) is 0 Å². The number of nitrogens with zero attached hydrogens (tertiary/aromatic N) is 1. The second-order valence-corrected chi connectivity index (χ2v) is 6.10. The molecule has 3 rings (SSSR count). The largest absolute Gasteiger partial charge is 0.464 e. The zero-order valence-electron chi connectivity index (χ0n) is 12.6. The summed E-state index contributed by atoms with van der Waals surface area (Å²) in [6.07, 6.45) is 3.77. The summed E-state index contributed by atoms with van der Waals surface area (Å²) in [6, 6.07) is 11.8. The predicted octanol–water partition coefficient (Wildman–Crippen LogP) is 5.43. The Morgan fingerprint density at radius 2 is 1.95 bits per heavy atom. The number of benzene rings is 1. The van der Waals surface area contributed by atoms with Gasteiger partial charge in [-0.1, -0.05) is 49.7 Å². The van der Waals surface area contributed by atoms with Crippen LogP contribution in [0.25, 0.3) is 11.3 Å². The summed E-state index contributed by atoms with van der Waals surface area (Å²) >= 11 is 7.24. The highest BCUT2D eigenvalue weighted by atomic mass is 35.5. The topological polar surface area (TPSA) is 33.5 Å². The molecule has 1 aliphatic heterocycles. The SMILES string of the molecule is CC.O=C1CC=C(Cl)SN1Cc1ccc(-c2ccco2)cc1. The minimum Gasteiger partial charge on any atom is -0.464 e. The molecule has 0 spiro atoms. The number of rotatable bonds is 3. The van der Waals surface area contributed by atoms with Crippen LogP contribution in [0.4, 0.5) is 0 Å². The van der Waals surface area contributed by atoms with E-state index in [4.69, 9.17) is 16.0 Å². The van der Waals surface area contributed by atoms with Crippen LogP contribution in [0.1, 0.15) is 25.8 Å². The fourth-order valence-electron chi connectivity index (χ4n) is 1.97. The van der Waals surface area contributed by atoms with Crippen molar-refractivity contribution >= 4 is 29.5 Å². The van der Waals surface area contributed by atoms with E-state index in [-0.39, 0.29) is 5.91 Å². The van der Waals surface area contributed by atoms with Crippen molar-refractivity contribution in [3.05, 3.63) is 58.7 Å². The first kappa shape index (κ1) is 16.7. The summed E-state index contributed by atoms with van der Waals surface area (Å²) in [5, 5.41) is 0. The summed E-state index contributed by atoms with van der Waals surface area (Å²) in [6.45, 7) is 4.55. The van der Waals surface area contributed by atoms with E-state index in [9.17, 15) is 4.79 Å². The van der Waals surface area contributed by atoms with Crippen LogP contribution in [0.3, 0.4) is 0 Å². The fourth-order valence-corrected chi connectivity index (χ4v) is 3.05. The third-order valence-electron chi connectivity index (χ3n) is 3.00. The van der Waals surface area contributed by atoms with Crippen LogP contribution in [-0.4, -0.2) is 10.2 Å². The molecule has 5 heteroatoms. The van der Waals surface area contributed by atoms with Gasteiger partial charge in [-0.3, -0.25) is 9.10 Å². The average molecular weight is 336 g/mol. The summed E-state index contributed by atoms with van der Waals surface area (Å²) < 4.78 is 7.68. The smallest absolute Gasteiger partial charge is 0.236 e. The lowest BCUT2D eigenvalue weighted by Gasteiger charge is -2.23. The summed E-state index contributed by atoms with van der Waals surface area (Å²) in [7, 11) is 0. The summed E-state index contributed by atoms with van der Waals surface area (Å²) in [4.78, 5) is 11.8. The van der Waals surface area contributed by atoms with Crippen molar-refractivity contribution in [1.82, 2.24) is 4.31 Å². The van der Waals surface area contributed by atoms with E-state index in [1.54, 1.807) is 16.6 Å². The van der Waals surface area contributed by atoms with Gasteiger partial charge in [0.2, 0.25) is 5.91 Å². The van der Waals surface area contributed by atoms with Crippen molar-refractivity contribution in [3.63, 3.8) is 0 Å². The Morgan fingerprint density at radius 1 is 1.23 bits per heavy atom. The van der Waals surface area contributed by atoms with Gasteiger partial charge in [-0.25, -0.2) is 0 Å². The highest BCUT2D eigenvalue weighted by Gasteiger charge is 2.19. The van der Waals surface area contributed by atoms with Gasteiger partial charge < -0.3 is 4.42 Å². The molecule has 0 radical (unpaired) electrons. The van der Waals surface area contributed by atoms with Gasteiger partial charge in [0, 0.05) is 23.9 Å². The maximum atomic E-state index is 11.8. The summed E-state index contributed by atoms with van der Waals surface area (Å²) in [5.41, 5.74) is 2.09. The molecule has 2 heterocycles. The van der Waals surface area contributed by atoms with Crippen molar-refractivity contribution in [1.29, 1.82) is 0 Å². The van der Waals surface area contributed by atoms with E-state index in [0.717, 1.165) is 16.9 Å². The van der Waals surface area contributed by atoms with Crippen molar-refractivity contribution in [2.24, 2.45) is 0 Å². The third kappa shape index (κ3) is 4.18. The molecule has 0 N–H and O–H groups in total. The monoisotopic (exact) mass is 335 g/mol. The van der Waals surface area contributed by atoms with Gasteiger partial charge in [0.25, 0.3) is 0 Å². The number of furan rings is 1. The molecule has 0 aliphatic carbocycles. The average Bonchev–Trinajstić information content (AvgIpc) is 3.08. The van der Waals surface area contributed by atoms with E-state index in [2.05, 4.69) is 0 Å². The minimum absolute atomic E-state index is 0.0783. The van der Waals surface area contributed by atoms with Crippen LogP contribution in [0.5, 0.6) is 0 Å². The maximum absolute atomic E-state index is 11.8. The molecule has 22 heavy (non-hydrogen) atoms. The Bertz CT molecular complexity index is 635. The second-order valence-electron chi connectivity index (χ2n) is 4.41. The molecule has 1 aliphatic rings. The lowest BCUT2D eigenvalue weighted by molar-refractivity contribution is -0.125. The molecule has 3 nitrogen and oxygen atoms in total. The van der Waals surface area contributed by atoms with Crippen LogP contribution in [-0.2, 0) is 11.3 Å². The van der Waals surface area contributed by atoms with Gasteiger partial charge in [-0.15, -0.1) is 0 Å². The first-order valence-corrected chi connectivity index (χ1v) is 8.34. The number of hydrogen-bond donors (Lipinski definition) is 0. The van der Waals surface area contributed by atoms with Gasteiger partial charge in [0.05, 0.1) is 17.2 Å². The molecule has 1 amide bonds. The van der Waals surface area contributed by atoms with Gasteiger partial charge in [-0.2, -0.15) is 0 Å². The molecule has 2 aromatic rings. The van der Waals surface area contributed by atoms with Crippen LogP contribution in [0, 0.1) is 0 Å². The molecule has 0 bridgehead atoms. The predicted molar refractivity (Wildman–Crippen MR) is 92.2 cm³/mol. The normalized spacial score (nSPS) is 14.2. The highest BCUT2D eigenvalue weighted by Crippen LogP contribution is 2.32. The van der Waals surface area contributed by atoms with Crippen LogP contribution >= 0.6 is 23.5 Å². The molecular formula is C17H18ClNO2S. The molecule has 1 aromatic carbocycles. The Hall–Kier alpha value is -1.65.